The highest BCUT2D eigenvalue weighted by atomic mass is 16.2. The average Bonchev–Trinajstić information content (AvgIpc) is 3.33. The summed E-state index contributed by atoms with van der Waals surface area (Å²) in [5, 5.41) is 7.28. The fraction of sp³-hybridized carbons (Fsp3) is 0. The van der Waals surface area contributed by atoms with Gasteiger partial charge in [-0.3, -0.25) is 19.2 Å². The first-order valence-electron chi connectivity index (χ1n) is 11.6. The number of benzene rings is 6. The topological polar surface area (TPSA) is 68.3 Å². The van der Waals surface area contributed by atoms with E-state index in [9.17, 15) is 19.2 Å². The number of carbonyl (C=O) groups excluding carboxylic acids is 4. The van der Waals surface area contributed by atoms with Crippen LogP contribution in [0.15, 0.2) is 97.1 Å². The Kier molecular flexibility index (Phi) is 4.12. The van der Waals surface area contributed by atoms with Crippen LogP contribution in [0, 0.1) is 0 Å². The molecule has 168 valence electrons. The van der Waals surface area contributed by atoms with E-state index in [1.807, 2.05) is 84.9 Å². The van der Waals surface area contributed by atoms with Crippen molar-refractivity contribution < 1.29 is 19.2 Å². The molecule has 4 nitrogen and oxygen atoms in total. The minimum Gasteiger partial charge on any atom is -0.285 e. The Morgan fingerprint density at radius 1 is 0.361 bits per heavy atom. The summed E-state index contributed by atoms with van der Waals surface area (Å²) in [5.41, 5.74) is 2.23. The predicted molar refractivity (Wildman–Crippen MR) is 140 cm³/mol. The van der Waals surface area contributed by atoms with E-state index in [2.05, 4.69) is 0 Å². The zero-order valence-electron chi connectivity index (χ0n) is 18.9. The molecular formula is C32H16O4. The van der Waals surface area contributed by atoms with Crippen molar-refractivity contribution in [3.05, 3.63) is 119 Å². The van der Waals surface area contributed by atoms with Gasteiger partial charge in [0.15, 0.2) is 0 Å². The molecule has 6 aromatic rings. The first kappa shape index (κ1) is 20.4. The van der Waals surface area contributed by atoms with Crippen LogP contribution in [0.3, 0.4) is 0 Å². The van der Waals surface area contributed by atoms with Gasteiger partial charge in [0.25, 0.3) is 0 Å². The van der Waals surface area contributed by atoms with Crippen molar-refractivity contribution in [3.63, 3.8) is 0 Å². The molecule has 0 N–H and O–H groups in total. The lowest BCUT2D eigenvalue weighted by molar-refractivity contribution is 0.0826. The molecule has 0 amide bonds. The average molecular weight is 464 g/mol. The van der Waals surface area contributed by atoms with Gasteiger partial charge >= 0.3 is 0 Å². The second kappa shape index (κ2) is 7.27. The third kappa shape index (κ3) is 2.64. The van der Waals surface area contributed by atoms with Gasteiger partial charge in [-0.2, -0.15) is 0 Å². The van der Waals surface area contributed by atoms with Crippen LogP contribution in [-0.2, 0) is 0 Å². The Balaban J connectivity index is 0.000000122. The third-order valence-corrected chi connectivity index (χ3v) is 7.13. The van der Waals surface area contributed by atoms with Crippen LogP contribution < -0.4 is 0 Å². The van der Waals surface area contributed by atoms with E-state index in [0.717, 1.165) is 43.1 Å². The Morgan fingerprint density at radius 3 is 1.19 bits per heavy atom. The van der Waals surface area contributed by atoms with Gasteiger partial charge in [0.05, 0.1) is 0 Å². The van der Waals surface area contributed by atoms with Crippen LogP contribution in [0.4, 0.5) is 0 Å². The monoisotopic (exact) mass is 464 g/mol. The normalized spacial score (nSPS) is 13.8. The van der Waals surface area contributed by atoms with Crippen LogP contribution in [-0.4, -0.2) is 23.1 Å². The van der Waals surface area contributed by atoms with Gasteiger partial charge < -0.3 is 0 Å². The molecule has 0 saturated heterocycles. The molecule has 0 bridgehead atoms. The van der Waals surface area contributed by atoms with Crippen molar-refractivity contribution in [2.75, 3.05) is 0 Å². The summed E-state index contributed by atoms with van der Waals surface area (Å²) in [4.78, 5) is 48.2. The number of carbonyl (C=O) groups is 4. The van der Waals surface area contributed by atoms with Gasteiger partial charge in [-0.25, -0.2) is 0 Å². The first-order chi connectivity index (χ1) is 17.5. The lowest BCUT2D eigenvalue weighted by Gasteiger charge is -2.04. The van der Waals surface area contributed by atoms with Gasteiger partial charge in [0.1, 0.15) is 0 Å². The summed E-state index contributed by atoms with van der Waals surface area (Å²) < 4.78 is 0. The van der Waals surface area contributed by atoms with Crippen molar-refractivity contribution in [2.24, 2.45) is 0 Å². The number of fused-ring (bicyclic) bond motifs is 4. The molecule has 4 heteroatoms. The van der Waals surface area contributed by atoms with Gasteiger partial charge in [-0.05, 0) is 44.5 Å². The predicted octanol–water partition coefficient (Wildman–Crippen LogP) is 6.74. The Hall–Kier alpha value is -4.96. The van der Waals surface area contributed by atoms with Gasteiger partial charge in [-0.15, -0.1) is 0 Å². The van der Waals surface area contributed by atoms with E-state index >= 15 is 0 Å². The minimum absolute atomic E-state index is 0.377. The fourth-order valence-corrected chi connectivity index (χ4v) is 5.57. The zero-order chi connectivity index (χ0) is 24.6. The molecule has 0 unspecified atom stereocenters. The fourth-order valence-electron chi connectivity index (χ4n) is 5.57. The van der Waals surface area contributed by atoms with E-state index in [0.29, 0.717) is 22.3 Å². The molecule has 6 aromatic carbocycles. The SMILES string of the molecule is O=C1C(=O)c2c3ccccc3cc3cccc1c23.O=C1C(=O)c2c3ccccc3cc3cccc1c23. The minimum atomic E-state index is -0.382. The zero-order valence-corrected chi connectivity index (χ0v) is 18.9. The maximum Gasteiger partial charge on any atom is 0.234 e. The molecule has 0 fully saturated rings. The van der Waals surface area contributed by atoms with Crippen LogP contribution in [0.1, 0.15) is 41.4 Å². The van der Waals surface area contributed by atoms with Crippen LogP contribution in [0.5, 0.6) is 0 Å². The molecule has 0 heterocycles. The lowest BCUT2D eigenvalue weighted by atomic mass is 9.98. The van der Waals surface area contributed by atoms with Crippen LogP contribution in [0.2, 0.25) is 0 Å². The Labute approximate surface area is 204 Å². The summed E-state index contributed by atoms with van der Waals surface area (Å²) in [7, 11) is 0. The number of hydrogen-bond acceptors (Lipinski definition) is 4. The summed E-state index contributed by atoms with van der Waals surface area (Å²) in [5.74, 6) is -1.52. The second-order valence-electron chi connectivity index (χ2n) is 9.07. The lowest BCUT2D eigenvalue weighted by Crippen LogP contribution is -2.06. The summed E-state index contributed by atoms with van der Waals surface area (Å²) in [6.45, 7) is 0. The van der Waals surface area contributed by atoms with E-state index in [4.69, 9.17) is 0 Å². The maximum atomic E-state index is 12.1. The van der Waals surface area contributed by atoms with Crippen molar-refractivity contribution in [2.45, 2.75) is 0 Å². The number of ketones is 4. The van der Waals surface area contributed by atoms with Crippen LogP contribution in [0.25, 0.3) is 43.1 Å². The second-order valence-corrected chi connectivity index (χ2v) is 9.07. The standard InChI is InChI=1S/2C16H8O2/c2*17-15-12-7-3-5-10-8-9-4-1-2-6-11(9)14(13(10)12)16(15)18/h2*1-8H. The quantitative estimate of drug-likeness (QED) is 0.184. The molecule has 0 saturated carbocycles. The highest BCUT2D eigenvalue weighted by molar-refractivity contribution is 6.60. The van der Waals surface area contributed by atoms with Gasteiger partial charge in [-0.1, -0.05) is 84.9 Å². The molecule has 36 heavy (non-hydrogen) atoms. The highest BCUT2D eigenvalue weighted by Gasteiger charge is 2.33. The van der Waals surface area contributed by atoms with Crippen molar-refractivity contribution >= 4 is 66.2 Å². The molecule has 0 aliphatic heterocycles. The van der Waals surface area contributed by atoms with Crippen molar-refractivity contribution in [1.82, 2.24) is 0 Å². The summed E-state index contributed by atoms with van der Waals surface area (Å²) in [6.07, 6.45) is 0. The van der Waals surface area contributed by atoms with Gasteiger partial charge in [0.2, 0.25) is 23.1 Å². The number of hydrogen-bond donors (Lipinski definition) is 0. The number of Topliss-reactive ketones (excluding diaryl/α,β-unsaturated/α-hetero) is 4. The van der Waals surface area contributed by atoms with E-state index in [1.165, 1.54) is 0 Å². The number of rotatable bonds is 0. The molecule has 0 spiro atoms. The smallest absolute Gasteiger partial charge is 0.234 e. The van der Waals surface area contributed by atoms with E-state index in [-0.39, 0.29) is 23.1 Å². The highest BCUT2D eigenvalue weighted by Crippen LogP contribution is 2.37. The van der Waals surface area contributed by atoms with Crippen molar-refractivity contribution in [3.8, 4) is 0 Å². The van der Waals surface area contributed by atoms with Crippen molar-refractivity contribution in [1.29, 1.82) is 0 Å². The molecule has 0 radical (unpaired) electrons. The molecule has 0 atom stereocenters. The molecule has 0 aromatic heterocycles. The molecule has 2 aliphatic carbocycles. The summed E-state index contributed by atoms with van der Waals surface area (Å²) >= 11 is 0. The van der Waals surface area contributed by atoms with Gasteiger partial charge in [0, 0.05) is 33.0 Å². The van der Waals surface area contributed by atoms with Crippen LogP contribution >= 0.6 is 0 Å². The molecule has 2 aliphatic rings. The maximum absolute atomic E-state index is 12.1. The van der Waals surface area contributed by atoms with E-state index < -0.39 is 0 Å². The first-order valence-corrected chi connectivity index (χ1v) is 11.6. The Morgan fingerprint density at radius 2 is 0.750 bits per heavy atom. The third-order valence-electron chi connectivity index (χ3n) is 7.13. The largest absolute Gasteiger partial charge is 0.285 e. The molecule has 8 rings (SSSR count). The molecular weight excluding hydrogens is 448 g/mol. The Bertz CT molecular complexity index is 1870. The summed E-state index contributed by atoms with van der Waals surface area (Å²) in [6, 6.07) is 30.5. The van der Waals surface area contributed by atoms with E-state index in [1.54, 1.807) is 12.1 Å².